The van der Waals surface area contributed by atoms with Gasteiger partial charge in [0.25, 0.3) is 0 Å². The van der Waals surface area contributed by atoms with Gasteiger partial charge in [-0.3, -0.25) is 15.0 Å². The number of urea groups is 1. The molecular formula is C20H22N4O3S. The second-order valence-electron chi connectivity index (χ2n) is 6.81. The smallest absolute Gasteiger partial charge is 0.321 e. The molecule has 1 saturated heterocycles. The number of fused-ring (bicyclic) bond motifs is 1. The van der Waals surface area contributed by atoms with E-state index in [0.717, 1.165) is 41.0 Å². The van der Waals surface area contributed by atoms with Crippen LogP contribution in [0.3, 0.4) is 0 Å². The van der Waals surface area contributed by atoms with Crippen molar-refractivity contribution < 1.29 is 14.0 Å². The van der Waals surface area contributed by atoms with Gasteiger partial charge in [-0.1, -0.05) is 18.6 Å². The Kier molecular flexibility index (Phi) is 5.68. The topological polar surface area (TPSA) is 87.5 Å². The average Bonchev–Trinajstić information content (AvgIpc) is 3.36. The first kappa shape index (κ1) is 18.6. The van der Waals surface area contributed by atoms with Crippen molar-refractivity contribution in [2.45, 2.75) is 31.8 Å². The van der Waals surface area contributed by atoms with E-state index in [1.165, 1.54) is 0 Å². The summed E-state index contributed by atoms with van der Waals surface area (Å²) in [5, 5.41) is 6.06. The number of benzene rings is 1. The fraction of sp³-hybridized carbons (Fsp3) is 0.350. The summed E-state index contributed by atoms with van der Waals surface area (Å²) in [6.45, 7) is 1.24. The van der Waals surface area contributed by atoms with Gasteiger partial charge in [0, 0.05) is 0 Å². The van der Waals surface area contributed by atoms with Gasteiger partial charge in [-0.15, -0.1) is 11.3 Å². The lowest BCUT2D eigenvalue weighted by atomic mass is 10.0. The highest BCUT2D eigenvalue weighted by molar-refractivity contribution is 7.18. The van der Waals surface area contributed by atoms with Crippen LogP contribution in [0.2, 0.25) is 0 Å². The van der Waals surface area contributed by atoms with Gasteiger partial charge in [-0.25, -0.2) is 9.78 Å². The molecule has 1 atom stereocenters. The molecule has 1 aromatic carbocycles. The lowest BCUT2D eigenvalue weighted by molar-refractivity contribution is -0.122. The lowest BCUT2D eigenvalue weighted by Crippen LogP contribution is -2.46. The molecule has 0 unspecified atom stereocenters. The summed E-state index contributed by atoms with van der Waals surface area (Å²) in [5.41, 5.74) is 0.995. The van der Waals surface area contributed by atoms with Crippen molar-refractivity contribution in [1.82, 2.24) is 20.5 Å². The third kappa shape index (κ3) is 4.40. The van der Waals surface area contributed by atoms with Gasteiger partial charge < -0.3 is 9.73 Å². The normalized spacial score (nSPS) is 17.5. The van der Waals surface area contributed by atoms with Crippen LogP contribution in [0, 0.1) is 0 Å². The predicted octanol–water partition coefficient (Wildman–Crippen LogP) is 3.44. The van der Waals surface area contributed by atoms with Gasteiger partial charge in [0.2, 0.25) is 5.91 Å². The first-order valence-electron chi connectivity index (χ1n) is 9.38. The molecule has 1 aliphatic rings. The minimum Gasteiger partial charge on any atom is -0.467 e. The predicted molar refractivity (Wildman–Crippen MR) is 107 cm³/mol. The van der Waals surface area contributed by atoms with E-state index < -0.39 is 6.03 Å². The van der Waals surface area contributed by atoms with E-state index >= 15 is 0 Å². The van der Waals surface area contributed by atoms with E-state index in [1.807, 2.05) is 18.2 Å². The van der Waals surface area contributed by atoms with Crippen molar-refractivity contribution in [3.63, 3.8) is 0 Å². The van der Waals surface area contributed by atoms with Crippen molar-refractivity contribution in [3.8, 4) is 0 Å². The summed E-state index contributed by atoms with van der Waals surface area (Å²) in [6.07, 6.45) is 4.66. The quantitative estimate of drug-likeness (QED) is 0.687. The van der Waals surface area contributed by atoms with Crippen LogP contribution in [-0.2, 0) is 11.3 Å². The molecule has 8 heteroatoms. The number of thiazole rings is 1. The Labute approximate surface area is 166 Å². The van der Waals surface area contributed by atoms with Gasteiger partial charge in [0.15, 0.2) is 0 Å². The van der Waals surface area contributed by atoms with Crippen molar-refractivity contribution in [3.05, 3.63) is 53.4 Å². The number of carbonyl (C=O) groups excluding carboxylic acids is 2. The molecule has 7 nitrogen and oxygen atoms in total. The molecule has 1 fully saturated rings. The Bertz CT molecular complexity index is 920. The Morgan fingerprint density at radius 3 is 2.93 bits per heavy atom. The van der Waals surface area contributed by atoms with Crippen LogP contribution in [0.25, 0.3) is 10.2 Å². The van der Waals surface area contributed by atoms with Crippen LogP contribution in [-0.4, -0.2) is 34.9 Å². The molecule has 28 heavy (non-hydrogen) atoms. The third-order valence-corrected chi connectivity index (χ3v) is 5.95. The molecule has 2 N–H and O–H groups in total. The zero-order valence-electron chi connectivity index (χ0n) is 15.4. The third-order valence-electron chi connectivity index (χ3n) is 4.81. The number of para-hydroxylation sites is 1. The van der Waals surface area contributed by atoms with Gasteiger partial charge in [-0.05, 0) is 43.7 Å². The minimum absolute atomic E-state index is 0.114. The Morgan fingerprint density at radius 2 is 2.11 bits per heavy atom. The van der Waals surface area contributed by atoms with Gasteiger partial charge in [0.05, 0.1) is 35.6 Å². The molecule has 0 aliphatic carbocycles. The number of likely N-dealkylation sites (tertiary alicyclic amines) is 1. The fourth-order valence-electron chi connectivity index (χ4n) is 3.47. The summed E-state index contributed by atoms with van der Waals surface area (Å²) in [4.78, 5) is 31.2. The summed E-state index contributed by atoms with van der Waals surface area (Å²) < 4.78 is 6.31. The number of hydrogen-bond acceptors (Lipinski definition) is 6. The van der Waals surface area contributed by atoms with Crippen LogP contribution >= 0.6 is 11.3 Å². The van der Waals surface area contributed by atoms with Crippen LogP contribution in [0.1, 0.15) is 36.1 Å². The van der Waals surface area contributed by atoms with Crippen LogP contribution < -0.4 is 10.6 Å². The van der Waals surface area contributed by atoms with E-state index in [4.69, 9.17) is 9.40 Å². The molecule has 0 bridgehead atoms. The van der Waals surface area contributed by atoms with E-state index in [9.17, 15) is 9.59 Å². The maximum absolute atomic E-state index is 12.4. The van der Waals surface area contributed by atoms with E-state index in [2.05, 4.69) is 21.6 Å². The number of rotatable bonds is 5. The summed E-state index contributed by atoms with van der Waals surface area (Å²) in [6, 6.07) is 11.2. The lowest BCUT2D eigenvalue weighted by Gasteiger charge is -2.33. The molecule has 146 valence electrons. The van der Waals surface area contributed by atoms with Crippen molar-refractivity contribution in [2.24, 2.45) is 0 Å². The standard InChI is InChI=1S/C20H22N4O3S/c25-18(23-20(26)21-12-14-6-5-11-27-14)13-24-10-4-3-8-16(24)19-22-15-7-1-2-9-17(15)28-19/h1-2,5-7,9,11,16H,3-4,8,10,12-13H2,(H2,21,23,25,26)/t16-/m1/s1. The van der Waals surface area contributed by atoms with Crippen LogP contribution in [0.15, 0.2) is 47.1 Å². The summed E-state index contributed by atoms with van der Waals surface area (Å²) >= 11 is 1.68. The van der Waals surface area contributed by atoms with E-state index in [1.54, 1.807) is 29.7 Å². The number of carbonyl (C=O) groups is 2. The minimum atomic E-state index is -0.519. The van der Waals surface area contributed by atoms with Crippen molar-refractivity contribution >= 4 is 33.5 Å². The average molecular weight is 398 g/mol. The van der Waals surface area contributed by atoms with Gasteiger partial charge in [-0.2, -0.15) is 0 Å². The highest BCUT2D eigenvalue weighted by Crippen LogP contribution is 2.35. The number of furan rings is 1. The second kappa shape index (κ2) is 8.53. The van der Waals surface area contributed by atoms with E-state index in [0.29, 0.717) is 5.76 Å². The largest absolute Gasteiger partial charge is 0.467 e. The number of imide groups is 1. The Hall–Kier alpha value is -2.71. The molecular weight excluding hydrogens is 376 g/mol. The van der Waals surface area contributed by atoms with Crippen molar-refractivity contribution in [2.75, 3.05) is 13.1 Å². The SMILES string of the molecule is O=C(CN1CCCC[C@@H]1c1nc2ccccc2s1)NC(=O)NCc1ccco1. The fourth-order valence-corrected chi connectivity index (χ4v) is 4.60. The first-order valence-corrected chi connectivity index (χ1v) is 10.2. The molecule has 3 amide bonds. The molecule has 2 aromatic heterocycles. The Balaban J connectivity index is 1.36. The molecule has 0 saturated carbocycles. The summed E-state index contributed by atoms with van der Waals surface area (Å²) in [7, 11) is 0. The molecule has 0 spiro atoms. The monoisotopic (exact) mass is 398 g/mol. The maximum atomic E-state index is 12.4. The second-order valence-corrected chi connectivity index (χ2v) is 7.87. The molecule has 0 radical (unpaired) electrons. The molecule has 3 aromatic rings. The number of hydrogen-bond donors (Lipinski definition) is 2. The molecule has 3 heterocycles. The van der Waals surface area contributed by atoms with Crippen LogP contribution in [0.4, 0.5) is 4.79 Å². The number of amides is 3. The maximum Gasteiger partial charge on any atom is 0.321 e. The Morgan fingerprint density at radius 1 is 1.21 bits per heavy atom. The zero-order chi connectivity index (χ0) is 19.3. The molecule has 4 rings (SSSR count). The zero-order valence-corrected chi connectivity index (χ0v) is 16.2. The van der Waals surface area contributed by atoms with Crippen LogP contribution in [0.5, 0.6) is 0 Å². The highest BCUT2D eigenvalue weighted by atomic mass is 32.1. The van der Waals surface area contributed by atoms with Gasteiger partial charge in [0.1, 0.15) is 10.8 Å². The number of nitrogens with zero attached hydrogens (tertiary/aromatic N) is 2. The molecule has 1 aliphatic heterocycles. The summed E-state index contributed by atoms with van der Waals surface area (Å²) in [5.74, 6) is 0.319. The van der Waals surface area contributed by atoms with Gasteiger partial charge >= 0.3 is 6.03 Å². The van der Waals surface area contributed by atoms with Crippen molar-refractivity contribution in [1.29, 1.82) is 0 Å². The number of piperidine rings is 1. The number of nitrogens with one attached hydrogen (secondary N) is 2. The number of aromatic nitrogens is 1. The van der Waals surface area contributed by atoms with E-state index in [-0.39, 0.29) is 25.0 Å². The highest BCUT2D eigenvalue weighted by Gasteiger charge is 2.28. The first-order chi connectivity index (χ1) is 13.7.